The van der Waals surface area contributed by atoms with Crippen LogP contribution >= 0.6 is 11.6 Å². The van der Waals surface area contributed by atoms with Crippen LogP contribution in [0.25, 0.3) is 16.6 Å². The average Bonchev–Trinajstić information content (AvgIpc) is 3.40. The fourth-order valence-electron chi connectivity index (χ4n) is 3.48. The molecule has 5 rings (SSSR count). The highest BCUT2D eigenvalue weighted by atomic mass is 35.5. The Morgan fingerprint density at radius 2 is 2.00 bits per heavy atom. The van der Waals surface area contributed by atoms with Gasteiger partial charge in [0.2, 0.25) is 0 Å². The summed E-state index contributed by atoms with van der Waals surface area (Å²) in [5, 5.41) is 5.39. The van der Waals surface area contributed by atoms with Gasteiger partial charge in [0.25, 0.3) is 0 Å². The molecule has 6 heteroatoms. The van der Waals surface area contributed by atoms with Crippen LogP contribution in [0.5, 0.6) is 0 Å². The zero-order valence-electron chi connectivity index (χ0n) is 14.4. The summed E-state index contributed by atoms with van der Waals surface area (Å²) in [4.78, 5) is 17.3. The minimum atomic E-state index is -0.345. The smallest absolute Gasteiger partial charge is 0.352 e. The first kappa shape index (κ1) is 16.3. The first-order valence-corrected chi connectivity index (χ1v) is 9.28. The molecule has 0 unspecified atom stereocenters. The van der Waals surface area contributed by atoms with Gasteiger partial charge in [-0.3, -0.25) is 4.57 Å². The van der Waals surface area contributed by atoms with Crippen molar-refractivity contribution in [2.45, 2.75) is 25.2 Å². The Kier molecular flexibility index (Phi) is 3.83. The van der Waals surface area contributed by atoms with E-state index in [4.69, 9.17) is 16.1 Å². The number of rotatable bonds is 4. The second kappa shape index (κ2) is 6.35. The van der Waals surface area contributed by atoms with Gasteiger partial charge in [-0.2, -0.15) is 4.98 Å². The predicted molar refractivity (Wildman–Crippen MR) is 104 cm³/mol. The van der Waals surface area contributed by atoms with Gasteiger partial charge in [-0.15, -0.1) is 0 Å². The molecule has 27 heavy (non-hydrogen) atoms. The maximum absolute atomic E-state index is 13.0. The van der Waals surface area contributed by atoms with Crippen LogP contribution in [0, 0.1) is 0 Å². The number of fused-ring (bicyclic) bond motifs is 1. The van der Waals surface area contributed by atoms with Crippen molar-refractivity contribution in [3.8, 4) is 5.69 Å². The van der Waals surface area contributed by atoms with Gasteiger partial charge < -0.3 is 4.52 Å². The molecule has 2 aromatic heterocycles. The Bertz CT molecular complexity index is 1190. The molecule has 0 radical (unpaired) electrons. The number of halogens is 1. The lowest BCUT2D eigenvalue weighted by Gasteiger charge is -2.14. The Morgan fingerprint density at radius 1 is 1.15 bits per heavy atom. The van der Waals surface area contributed by atoms with Crippen LogP contribution in [0.15, 0.2) is 64.1 Å². The van der Waals surface area contributed by atoms with Crippen molar-refractivity contribution in [3.05, 3.63) is 87.3 Å². The molecule has 1 fully saturated rings. The molecule has 0 aliphatic heterocycles. The molecule has 134 valence electrons. The van der Waals surface area contributed by atoms with Crippen LogP contribution in [-0.2, 0) is 6.42 Å². The standard InChI is InChI=1S/C21H16ClN3O2/c22-17-3-1-2-4-19(17)25-20-11-14(13-5-6-13)7-8-16(20)18(23-21(25)26)12-15-9-10-27-24-15/h1-4,7-11,13H,5-6,12H2. The number of benzene rings is 2. The van der Waals surface area contributed by atoms with Crippen LogP contribution in [0.4, 0.5) is 0 Å². The minimum absolute atomic E-state index is 0.345. The van der Waals surface area contributed by atoms with Crippen molar-refractivity contribution >= 4 is 22.5 Å². The summed E-state index contributed by atoms with van der Waals surface area (Å²) in [7, 11) is 0. The highest BCUT2D eigenvalue weighted by Gasteiger charge is 2.25. The zero-order valence-corrected chi connectivity index (χ0v) is 15.2. The largest absolute Gasteiger partial charge is 0.364 e. The molecule has 1 saturated carbocycles. The fourth-order valence-corrected chi connectivity index (χ4v) is 3.70. The molecule has 2 aromatic carbocycles. The van der Waals surface area contributed by atoms with E-state index in [0.717, 1.165) is 16.6 Å². The van der Waals surface area contributed by atoms with Gasteiger partial charge in [-0.05, 0) is 42.5 Å². The van der Waals surface area contributed by atoms with E-state index < -0.39 is 0 Å². The van der Waals surface area contributed by atoms with Gasteiger partial charge in [-0.25, -0.2) is 4.79 Å². The molecule has 0 bridgehead atoms. The first-order valence-electron chi connectivity index (χ1n) is 8.90. The van der Waals surface area contributed by atoms with Crippen molar-refractivity contribution in [2.75, 3.05) is 0 Å². The Balaban J connectivity index is 1.79. The normalized spacial score (nSPS) is 14.0. The molecule has 0 amide bonds. The Morgan fingerprint density at radius 3 is 2.74 bits per heavy atom. The van der Waals surface area contributed by atoms with Crippen LogP contribution in [-0.4, -0.2) is 14.7 Å². The topological polar surface area (TPSA) is 60.9 Å². The summed E-state index contributed by atoms with van der Waals surface area (Å²) < 4.78 is 6.53. The highest BCUT2D eigenvalue weighted by Crippen LogP contribution is 2.41. The molecule has 0 N–H and O–H groups in total. The average molecular weight is 378 g/mol. The second-order valence-electron chi connectivity index (χ2n) is 6.85. The van der Waals surface area contributed by atoms with E-state index in [2.05, 4.69) is 28.3 Å². The Hall–Kier alpha value is -2.92. The lowest BCUT2D eigenvalue weighted by molar-refractivity contribution is 0.413. The van der Waals surface area contributed by atoms with E-state index in [1.54, 1.807) is 16.7 Å². The lowest BCUT2D eigenvalue weighted by Crippen LogP contribution is -2.24. The summed E-state index contributed by atoms with van der Waals surface area (Å²) >= 11 is 6.39. The van der Waals surface area contributed by atoms with Crippen LogP contribution in [0.1, 0.15) is 35.7 Å². The number of para-hydroxylation sites is 1. The third-order valence-corrected chi connectivity index (χ3v) is 5.30. The van der Waals surface area contributed by atoms with Crippen molar-refractivity contribution in [3.63, 3.8) is 0 Å². The van der Waals surface area contributed by atoms with Crippen molar-refractivity contribution < 1.29 is 4.52 Å². The lowest BCUT2D eigenvalue weighted by atomic mass is 10.0. The zero-order chi connectivity index (χ0) is 18.4. The van der Waals surface area contributed by atoms with Gasteiger partial charge in [0.1, 0.15) is 6.26 Å². The first-order chi connectivity index (χ1) is 13.2. The summed E-state index contributed by atoms with van der Waals surface area (Å²) in [5.41, 5.74) is 3.80. The number of hydrogen-bond donors (Lipinski definition) is 0. The van der Waals surface area contributed by atoms with Gasteiger partial charge in [0.15, 0.2) is 0 Å². The van der Waals surface area contributed by atoms with Gasteiger partial charge in [0.05, 0.1) is 27.6 Å². The number of aromatic nitrogens is 3. The summed E-state index contributed by atoms with van der Waals surface area (Å²) in [6.45, 7) is 0. The molecule has 0 atom stereocenters. The molecule has 5 nitrogen and oxygen atoms in total. The van der Waals surface area contributed by atoms with E-state index in [1.807, 2.05) is 18.2 Å². The molecule has 2 heterocycles. The molecule has 0 spiro atoms. The quantitative estimate of drug-likeness (QED) is 0.525. The molecular formula is C21H16ClN3O2. The van der Waals surface area contributed by atoms with Crippen molar-refractivity contribution in [1.29, 1.82) is 0 Å². The third-order valence-electron chi connectivity index (χ3n) is 4.98. The molecule has 1 aliphatic carbocycles. The second-order valence-corrected chi connectivity index (χ2v) is 7.25. The van der Waals surface area contributed by atoms with Crippen molar-refractivity contribution in [2.24, 2.45) is 0 Å². The van der Waals surface area contributed by atoms with E-state index in [0.29, 0.717) is 28.7 Å². The molecular weight excluding hydrogens is 362 g/mol. The van der Waals surface area contributed by atoms with Crippen molar-refractivity contribution in [1.82, 2.24) is 14.7 Å². The molecule has 1 aliphatic rings. The maximum atomic E-state index is 13.0. The molecule has 0 saturated heterocycles. The number of hydrogen-bond acceptors (Lipinski definition) is 4. The summed E-state index contributed by atoms with van der Waals surface area (Å²) in [6, 6.07) is 15.4. The minimum Gasteiger partial charge on any atom is -0.364 e. The van der Waals surface area contributed by atoms with Gasteiger partial charge in [-0.1, -0.05) is 41.0 Å². The third kappa shape index (κ3) is 2.94. The number of nitrogens with zero attached hydrogens (tertiary/aromatic N) is 3. The van der Waals surface area contributed by atoms with E-state index >= 15 is 0 Å². The predicted octanol–water partition coefficient (Wildman–Crippen LogP) is 4.50. The van der Waals surface area contributed by atoms with E-state index in [1.165, 1.54) is 24.7 Å². The Labute approximate surface area is 160 Å². The van der Waals surface area contributed by atoms with E-state index in [9.17, 15) is 4.79 Å². The van der Waals surface area contributed by atoms with Crippen LogP contribution in [0.2, 0.25) is 5.02 Å². The van der Waals surface area contributed by atoms with Crippen LogP contribution < -0.4 is 5.69 Å². The summed E-state index contributed by atoms with van der Waals surface area (Å²) in [6.07, 6.45) is 4.35. The fraction of sp³-hybridized carbons (Fsp3) is 0.190. The summed E-state index contributed by atoms with van der Waals surface area (Å²) in [5.74, 6) is 0.580. The maximum Gasteiger partial charge on any atom is 0.352 e. The van der Waals surface area contributed by atoms with Crippen LogP contribution in [0.3, 0.4) is 0 Å². The molecule has 4 aromatic rings. The highest BCUT2D eigenvalue weighted by molar-refractivity contribution is 6.32. The van der Waals surface area contributed by atoms with Gasteiger partial charge >= 0.3 is 5.69 Å². The van der Waals surface area contributed by atoms with E-state index in [-0.39, 0.29) is 5.69 Å². The SMILES string of the molecule is O=c1nc(Cc2ccon2)c2ccc(C3CC3)cc2n1-c1ccccc1Cl. The van der Waals surface area contributed by atoms with Gasteiger partial charge in [0, 0.05) is 17.9 Å². The monoisotopic (exact) mass is 377 g/mol.